The molecule has 11 nitrogen and oxygen atoms in total. The summed E-state index contributed by atoms with van der Waals surface area (Å²) in [7, 11) is 1.40. The standard InChI is InChI=1S/C26H24N2O9/c1-33-20-9-7-16(13-19(20)29)25(22(11-12-24(30)28-32)36-18-5-3-2-4-6-18)37-26(31)27-17-8-10-21-23(14-17)35-15-34-21/h2-14,22,25,29,32H,15H2,1H3,(H,27,31)(H,28,30)/b12-11+/t22-,25-/m1/s1. The van der Waals surface area contributed by atoms with Crippen LogP contribution in [0.25, 0.3) is 0 Å². The molecule has 192 valence electrons. The summed E-state index contributed by atoms with van der Waals surface area (Å²) in [4.78, 5) is 24.7. The van der Waals surface area contributed by atoms with E-state index in [1.807, 2.05) is 0 Å². The monoisotopic (exact) mass is 508 g/mol. The molecule has 1 aliphatic heterocycles. The lowest BCUT2D eigenvalue weighted by Gasteiger charge is -2.26. The number of nitrogens with one attached hydrogen (secondary N) is 2. The molecule has 0 aromatic heterocycles. The van der Waals surface area contributed by atoms with Gasteiger partial charge in [0.1, 0.15) is 5.75 Å². The Morgan fingerprint density at radius 2 is 1.81 bits per heavy atom. The zero-order valence-electron chi connectivity index (χ0n) is 19.6. The van der Waals surface area contributed by atoms with E-state index in [0.29, 0.717) is 28.5 Å². The number of carbonyl (C=O) groups is 2. The molecule has 2 atom stereocenters. The molecule has 2 amide bonds. The second-order valence-electron chi connectivity index (χ2n) is 7.68. The van der Waals surface area contributed by atoms with Gasteiger partial charge in [-0.25, -0.2) is 10.3 Å². The number of rotatable bonds is 9. The number of methoxy groups -OCH3 is 1. The highest BCUT2D eigenvalue weighted by Crippen LogP contribution is 2.36. The predicted molar refractivity (Wildman–Crippen MR) is 130 cm³/mol. The number of fused-ring (bicyclic) bond motifs is 1. The zero-order valence-corrected chi connectivity index (χ0v) is 19.6. The number of hydroxylamine groups is 1. The van der Waals surface area contributed by atoms with E-state index in [0.717, 1.165) is 6.08 Å². The molecule has 11 heteroatoms. The molecule has 3 aromatic rings. The molecule has 0 saturated heterocycles. The summed E-state index contributed by atoms with van der Waals surface area (Å²) in [5.74, 6) is 0.641. The largest absolute Gasteiger partial charge is 0.504 e. The Balaban J connectivity index is 1.65. The Morgan fingerprint density at radius 1 is 1.03 bits per heavy atom. The van der Waals surface area contributed by atoms with E-state index in [4.69, 9.17) is 28.9 Å². The maximum absolute atomic E-state index is 13.0. The minimum atomic E-state index is -1.16. The summed E-state index contributed by atoms with van der Waals surface area (Å²) in [6.07, 6.45) is -0.717. The van der Waals surface area contributed by atoms with E-state index in [2.05, 4.69) is 5.32 Å². The van der Waals surface area contributed by atoms with Crippen LogP contribution in [0, 0.1) is 0 Å². The van der Waals surface area contributed by atoms with E-state index in [1.165, 1.54) is 30.8 Å². The van der Waals surface area contributed by atoms with Crippen molar-refractivity contribution in [3.63, 3.8) is 0 Å². The first-order valence-electron chi connectivity index (χ1n) is 11.0. The molecule has 0 unspecified atom stereocenters. The third-order valence-corrected chi connectivity index (χ3v) is 5.25. The van der Waals surface area contributed by atoms with Gasteiger partial charge in [-0.3, -0.25) is 15.3 Å². The van der Waals surface area contributed by atoms with Crippen LogP contribution in [-0.4, -0.2) is 42.3 Å². The van der Waals surface area contributed by atoms with Crippen LogP contribution in [0.2, 0.25) is 0 Å². The van der Waals surface area contributed by atoms with Crippen LogP contribution in [0.15, 0.2) is 78.9 Å². The van der Waals surface area contributed by atoms with Crippen LogP contribution >= 0.6 is 0 Å². The number of para-hydroxylation sites is 1. The topological polar surface area (TPSA) is 145 Å². The van der Waals surface area contributed by atoms with E-state index >= 15 is 0 Å². The number of anilines is 1. The van der Waals surface area contributed by atoms with Gasteiger partial charge >= 0.3 is 6.09 Å². The summed E-state index contributed by atoms with van der Waals surface area (Å²) in [5.41, 5.74) is 2.23. The summed E-state index contributed by atoms with van der Waals surface area (Å²) < 4.78 is 27.5. The van der Waals surface area contributed by atoms with Crippen molar-refractivity contribution in [2.45, 2.75) is 12.2 Å². The third-order valence-electron chi connectivity index (χ3n) is 5.25. The number of hydrogen-bond donors (Lipinski definition) is 4. The van der Waals surface area contributed by atoms with Gasteiger partial charge in [-0.05, 0) is 42.5 Å². The molecule has 0 spiro atoms. The van der Waals surface area contributed by atoms with E-state index < -0.39 is 24.2 Å². The van der Waals surface area contributed by atoms with Gasteiger partial charge in [0.15, 0.2) is 35.2 Å². The van der Waals surface area contributed by atoms with Gasteiger partial charge in [-0.2, -0.15) is 0 Å². The van der Waals surface area contributed by atoms with Crippen LogP contribution in [0.1, 0.15) is 11.7 Å². The van der Waals surface area contributed by atoms with Crippen LogP contribution in [0.4, 0.5) is 10.5 Å². The highest BCUT2D eigenvalue weighted by Gasteiger charge is 2.29. The first kappa shape index (κ1) is 25.2. The van der Waals surface area contributed by atoms with Gasteiger partial charge in [-0.15, -0.1) is 0 Å². The number of carbonyl (C=O) groups excluding carboxylic acids is 2. The van der Waals surface area contributed by atoms with E-state index in [1.54, 1.807) is 54.6 Å². The van der Waals surface area contributed by atoms with Crippen LogP contribution in [-0.2, 0) is 9.53 Å². The molecule has 0 aliphatic carbocycles. The summed E-state index contributed by atoms with van der Waals surface area (Å²) in [6.45, 7) is 0.0819. The lowest BCUT2D eigenvalue weighted by Crippen LogP contribution is -2.30. The van der Waals surface area contributed by atoms with Crippen molar-refractivity contribution in [3.8, 4) is 28.7 Å². The molecule has 4 N–H and O–H groups in total. The lowest BCUT2D eigenvalue weighted by molar-refractivity contribution is -0.124. The number of benzene rings is 3. The fourth-order valence-electron chi connectivity index (χ4n) is 3.52. The molecule has 0 saturated carbocycles. The molecular weight excluding hydrogens is 484 g/mol. The Kier molecular flexibility index (Phi) is 7.96. The minimum Gasteiger partial charge on any atom is -0.504 e. The second-order valence-corrected chi connectivity index (χ2v) is 7.68. The van der Waals surface area contributed by atoms with Crippen molar-refractivity contribution in [2.24, 2.45) is 0 Å². The smallest absolute Gasteiger partial charge is 0.412 e. The lowest BCUT2D eigenvalue weighted by atomic mass is 10.0. The highest BCUT2D eigenvalue weighted by atomic mass is 16.7. The Morgan fingerprint density at radius 3 is 2.54 bits per heavy atom. The van der Waals surface area contributed by atoms with Crippen LogP contribution in [0.3, 0.4) is 0 Å². The van der Waals surface area contributed by atoms with Crippen LogP contribution < -0.4 is 29.7 Å². The molecule has 3 aromatic carbocycles. The number of ether oxygens (including phenoxy) is 5. The first-order valence-corrected chi connectivity index (χ1v) is 11.0. The fourth-order valence-corrected chi connectivity index (χ4v) is 3.52. The fraction of sp³-hybridized carbons (Fsp3) is 0.154. The summed E-state index contributed by atoms with van der Waals surface area (Å²) >= 11 is 0. The average Bonchev–Trinajstić information content (AvgIpc) is 3.38. The molecule has 0 fully saturated rings. The van der Waals surface area contributed by atoms with Gasteiger partial charge in [-0.1, -0.05) is 24.3 Å². The number of hydrogen-bond acceptors (Lipinski definition) is 9. The molecule has 0 radical (unpaired) electrons. The molecule has 4 rings (SSSR count). The van der Waals surface area contributed by atoms with Crippen molar-refractivity contribution in [3.05, 3.63) is 84.4 Å². The zero-order chi connectivity index (χ0) is 26.2. The number of aromatic hydroxyl groups is 1. The summed E-state index contributed by atoms with van der Waals surface area (Å²) in [5, 5.41) is 21.9. The maximum atomic E-state index is 13.0. The van der Waals surface area contributed by atoms with Crippen LogP contribution in [0.5, 0.6) is 28.7 Å². The van der Waals surface area contributed by atoms with Gasteiger partial charge in [0.05, 0.1) is 7.11 Å². The Bertz CT molecular complexity index is 1280. The Labute approximate surface area is 211 Å². The Hall–Kier alpha value is -4.90. The van der Waals surface area contributed by atoms with Crippen molar-refractivity contribution in [1.29, 1.82) is 0 Å². The third kappa shape index (κ3) is 6.41. The van der Waals surface area contributed by atoms with Crippen molar-refractivity contribution >= 4 is 17.7 Å². The minimum absolute atomic E-state index is 0.0819. The van der Waals surface area contributed by atoms with Gasteiger partial charge in [0.25, 0.3) is 5.91 Å². The SMILES string of the molecule is COc1ccc([C@@H](OC(=O)Nc2ccc3c(c2)OCO3)[C@@H](/C=C/C(=O)NO)Oc2ccccc2)cc1O. The number of phenols is 1. The van der Waals surface area contributed by atoms with Crippen molar-refractivity contribution in [1.82, 2.24) is 5.48 Å². The van der Waals surface area contributed by atoms with Crippen molar-refractivity contribution < 1.29 is 43.6 Å². The quantitative estimate of drug-likeness (QED) is 0.192. The number of phenolic OH excluding ortho intramolecular Hbond substituents is 1. The predicted octanol–water partition coefficient (Wildman–Crippen LogP) is 3.93. The van der Waals surface area contributed by atoms with Gasteiger partial charge in [0, 0.05) is 23.4 Å². The normalized spacial score (nSPS) is 13.5. The summed E-state index contributed by atoms with van der Waals surface area (Å²) in [6, 6.07) is 17.9. The second kappa shape index (κ2) is 11.7. The molecule has 0 bridgehead atoms. The first-order chi connectivity index (χ1) is 18.0. The molecule has 1 aliphatic rings. The molecular formula is C26H24N2O9. The molecule has 37 heavy (non-hydrogen) atoms. The molecule has 1 heterocycles. The van der Waals surface area contributed by atoms with Gasteiger partial charge < -0.3 is 28.8 Å². The van der Waals surface area contributed by atoms with Gasteiger partial charge in [0.2, 0.25) is 6.79 Å². The van der Waals surface area contributed by atoms with E-state index in [-0.39, 0.29) is 18.3 Å². The maximum Gasteiger partial charge on any atom is 0.412 e. The average molecular weight is 508 g/mol. The van der Waals surface area contributed by atoms with E-state index in [9.17, 15) is 14.7 Å². The number of amides is 2. The highest BCUT2D eigenvalue weighted by molar-refractivity contribution is 5.87. The van der Waals surface area contributed by atoms with Crippen molar-refractivity contribution in [2.75, 3.05) is 19.2 Å².